The second-order valence-electron chi connectivity index (χ2n) is 7.34. The van der Waals surface area contributed by atoms with Crippen LogP contribution in [0.2, 0.25) is 0 Å². The van der Waals surface area contributed by atoms with E-state index in [0.717, 1.165) is 22.8 Å². The van der Waals surface area contributed by atoms with Crippen LogP contribution in [0, 0.1) is 6.92 Å². The maximum Gasteiger partial charge on any atom is 0.243 e. The maximum absolute atomic E-state index is 13.0. The van der Waals surface area contributed by atoms with Crippen molar-refractivity contribution in [2.24, 2.45) is 0 Å². The Bertz CT molecular complexity index is 934. The summed E-state index contributed by atoms with van der Waals surface area (Å²) in [6, 6.07) is 9.10. The maximum atomic E-state index is 13.0. The highest BCUT2D eigenvalue weighted by Crippen LogP contribution is 2.38. The first kappa shape index (κ1) is 19.1. The molecule has 1 aliphatic heterocycles. The number of hydrogen-bond acceptors (Lipinski definition) is 6. The van der Waals surface area contributed by atoms with Gasteiger partial charge >= 0.3 is 0 Å². The Labute approximate surface area is 166 Å². The van der Waals surface area contributed by atoms with Crippen LogP contribution in [-0.4, -0.2) is 55.7 Å². The fourth-order valence-electron chi connectivity index (χ4n) is 3.51. The summed E-state index contributed by atoms with van der Waals surface area (Å²) in [6.45, 7) is 6.40. The van der Waals surface area contributed by atoms with Gasteiger partial charge in [-0.3, -0.25) is 0 Å². The quantitative estimate of drug-likeness (QED) is 0.739. The molecule has 0 amide bonds. The normalized spacial score (nSPS) is 18.3. The first-order valence-electron chi connectivity index (χ1n) is 9.81. The summed E-state index contributed by atoms with van der Waals surface area (Å²) >= 11 is 0. The first-order chi connectivity index (χ1) is 13.5. The number of aromatic nitrogens is 2. The summed E-state index contributed by atoms with van der Waals surface area (Å²) in [5.74, 6) is 2.12. The summed E-state index contributed by atoms with van der Waals surface area (Å²) in [5.41, 5.74) is 1.89. The third kappa shape index (κ3) is 3.84. The Morgan fingerprint density at radius 2 is 1.82 bits per heavy atom. The van der Waals surface area contributed by atoms with Crippen LogP contribution in [0.4, 0.5) is 5.82 Å². The number of anilines is 1. The third-order valence-corrected chi connectivity index (χ3v) is 7.21. The SMILES string of the molecule is CCOc1ccc(S(=O)(=O)N2CCN(c3ccc(C4CC4)nn3)CC2)cc1C. The summed E-state index contributed by atoms with van der Waals surface area (Å²) in [4.78, 5) is 2.41. The van der Waals surface area contributed by atoms with Gasteiger partial charge in [0, 0.05) is 32.1 Å². The number of sulfonamides is 1. The molecule has 1 saturated carbocycles. The van der Waals surface area contributed by atoms with Crippen molar-refractivity contribution >= 4 is 15.8 Å². The van der Waals surface area contributed by atoms with Crippen LogP contribution < -0.4 is 9.64 Å². The monoisotopic (exact) mass is 402 g/mol. The van der Waals surface area contributed by atoms with E-state index in [1.165, 1.54) is 12.8 Å². The van der Waals surface area contributed by atoms with Gasteiger partial charge in [0.1, 0.15) is 5.75 Å². The Morgan fingerprint density at radius 1 is 1.07 bits per heavy atom. The minimum absolute atomic E-state index is 0.315. The fourth-order valence-corrected chi connectivity index (χ4v) is 5.02. The van der Waals surface area contributed by atoms with E-state index in [2.05, 4.69) is 15.1 Å². The number of rotatable bonds is 6. The van der Waals surface area contributed by atoms with Crippen LogP contribution in [-0.2, 0) is 10.0 Å². The minimum Gasteiger partial charge on any atom is -0.494 e. The van der Waals surface area contributed by atoms with Crippen LogP contribution in [0.5, 0.6) is 5.75 Å². The molecule has 2 heterocycles. The molecule has 1 saturated heterocycles. The van der Waals surface area contributed by atoms with Gasteiger partial charge in [-0.05, 0) is 62.6 Å². The molecular formula is C20H26N4O3S. The van der Waals surface area contributed by atoms with Crippen LogP contribution in [0.15, 0.2) is 35.2 Å². The molecule has 8 heteroatoms. The van der Waals surface area contributed by atoms with Gasteiger partial charge in [0.25, 0.3) is 0 Å². The molecule has 4 rings (SSSR count). The van der Waals surface area contributed by atoms with Crippen molar-refractivity contribution in [3.8, 4) is 5.75 Å². The van der Waals surface area contributed by atoms with Crippen molar-refractivity contribution in [3.63, 3.8) is 0 Å². The molecule has 0 radical (unpaired) electrons. The van der Waals surface area contributed by atoms with Crippen molar-refractivity contribution < 1.29 is 13.2 Å². The molecule has 0 spiro atoms. The molecule has 1 aliphatic carbocycles. The average molecular weight is 403 g/mol. The highest BCUT2D eigenvalue weighted by atomic mass is 32.2. The first-order valence-corrected chi connectivity index (χ1v) is 11.2. The lowest BCUT2D eigenvalue weighted by Crippen LogP contribution is -2.49. The Balaban J connectivity index is 1.42. The zero-order valence-corrected chi connectivity index (χ0v) is 17.2. The summed E-state index contributed by atoms with van der Waals surface area (Å²) in [5, 5.41) is 8.67. The molecule has 2 aliphatic rings. The lowest BCUT2D eigenvalue weighted by molar-refractivity contribution is 0.337. The van der Waals surface area contributed by atoms with Crippen LogP contribution in [0.25, 0.3) is 0 Å². The van der Waals surface area contributed by atoms with Crippen LogP contribution in [0.3, 0.4) is 0 Å². The van der Waals surface area contributed by atoms with Crippen molar-refractivity contribution in [3.05, 3.63) is 41.6 Å². The van der Waals surface area contributed by atoms with Crippen molar-refractivity contribution in [1.82, 2.24) is 14.5 Å². The zero-order chi connectivity index (χ0) is 19.7. The molecule has 1 aromatic heterocycles. The average Bonchev–Trinajstić information content (AvgIpc) is 3.55. The molecule has 2 aromatic rings. The minimum atomic E-state index is -3.52. The van der Waals surface area contributed by atoms with E-state index < -0.39 is 10.0 Å². The number of aryl methyl sites for hydroxylation is 1. The number of hydrogen-bond donors (Lipinski definition) is 0. The predicted octanol–water partition coefficient (Wildman–Crippen LogP) is 2.57. The molecule has 1 aromatic carbocycles. The molecule has 150 valence electrons. The molecule has 7 nitrogen and oxygen atoms in total. The van der Waals surface area contributed by atoms with E-state index in [0.29, 0.717) is 43.6 Å². The van der Waals surface area contributed by atoms with Gasteiger partial charge in [-0.25, -0.2) is 8.42 Å². The second-order valence-corrected chi connectivity index (χ2v) is 9.28. The largest absolute Gasteiger partial charge is 0.494 e. The molecular weight excluding hydrogens is 376 g/mol. The number of nitrogens with zero attached hydrogens (tertiary/aromatic N) is 4. The molecule has 0 bridgehead atoms. The van der Waals surface area contributed by atoms with Crippen molar-refractivity contribution in [2.75, 3.05) is 37.7 Å². The Hall–Kier alpha value is -2.19. The van der Waals surface area contributed by atoms with Gasteiger partial charge in [-0.15, -0.1) is 5.10 Å². The lowest BCUT2D eigenvalue weighted by atomic mass is 10.2. The molecule has 0 atom stereocenters. The number of ether oxygens (including phenoxy) is 1. The Morgan fingerprint density at radius 3 is 2.39 bits per heavy atom. The van der Waals surface area contributed by atoms with Crippen molar-refractivity contribution in [1.29, 1.82) is 0 Å². The van der Waals surface area contributed by atoms with E-state index in [9.17, 15) is 8.42 Å². The second kappa shape index (κ2) is 7.67. The van der Waals surface area contributed by atoms with Gasteiger partial charge < -0.3 is 9.64 Å². The molecule has 0 N–H and O–H groups in total. The van der Waals surface area contributed by atoms with Crippen LogP contribution in [0.1, 0.15) is 36.9 Å². The topological polar surface area (TPSA) is 75.6 Å². The van der Waals surface area contributed by atoms with E-state index in [1.54, 1.807) is 22.5 Å². The van der Waals surface area contributed by atoms with Gasteiger partial charge in [0.05, 0.1) is 17.2 Å². The van der Waals surface area contributed by atoms with Gasteiger partial charge in [-0.1, -0.05) is 0 Å². The van der Waals surface area contributed by atoms with Gasteiger partial charge in [0.2, 0.25) is 10.0 Å². The third-order valence-electron chi connectivity index (χ3n) is 5.31. The van der Waals surface area contributed by atoms with Gasteiger partial charge in [-0.2, -0.15) is 9.40 Å². The number of benzene rings is 1. The van der Waals surface area contributed by atoms with E-state index in [4.69, 9.17) is 4.74 Å². The molecule has 28 heavy (non-hydrogen) atoms. The summed E-state index contributed by atoms with van der Waals surface area (Å²) in [6.07, 6.45) is 2.41. The summed E-state index contributed by atoms with van der Waals surface area (Å²) < 4.78 is 33.1. The van der Waals surface area contributed by atoms with Crippen LogP contribution >= 0.6 is 0 Å². The zero-order valence-electron chi connectivity index (χ0n) is 16.3. The summed E-state index contributed by atoms with van der Waals surface area (Å²) in [7, 11) is -3.52. The predicted molar refractivity (Wildman–Crippen MR) is 107 cm³/mol. The van der Waals surface area contributed by atoms with E-state index in [1.807, 2.05) is 26.0 Å². The molecule has 0 unspecified atom stereocenters. The highest BCUT2D eigenvalue weighted by Gasteiger charge is 2.30. The van der Waals surface area contributed by atoms with Gasteiger partial charge in [0.15, 0.2) is 5.82 Å². The lowest BCUT2D eigenvalue weighted by Gasteiger charge is -2.34. The van der Waals surface area contributed by atoms with Crippen molar-refractivity contribution in [2.45, 2.75) is 37.5 Å². The standard InChI is InChI=1S/C20H26N4O3S/c1-3-27-19-8-6-17(14-15(19)2)28(25,26)24-12-10-23(11-13-24)20-9-7-18(21-22-20)16-4-5-16/h6-9,14,16H,3-5,10-13H2,1-2H3. The van der Waals surface area contributed by atoms with E-state index >= 15 is 0 Å². The molecule has 2 fully saturated rings. The Kier molecular flexibility index (Phi) is 5.25. The van der Waals surface area contributed by atoms with E-state index in [-0.39, 0.29) is 0 Å². The fraction of sp³-hybridized carbons (Fsp3) is 0.500. The smallest absolute Gasteiger partial charge is 0.243 e. The number of piperazine rings is 1. The highest BCUT2D eigenvalue weighted by molar-refractivity contribution is 7.89.